The van der Waals surface area contributed by atoms with Crippen LogP contribution in [0.5, 0.6) is 0 Å². The average molecular weight is 446 g/mol. The summed E-state index contributed by atoms with van der Waals surface area (Å²) in [5.41, 5.74) is 3.37. The Hall–Kier alpha value is -2.29. The highest BCUT2D eigenvalue weighted by Gasteiger charge is 2.29. The molecule has 0 amide bonds. The average Bonchev–Trinajstić information content (AvgIpc) is 3.25. The molecule has 1 aliphatic heterocycles. The Morgan fingerprint density at radius 3 is 2.30 bits per heavy atom. The summed E-state index contributed by atoms with van der Waals surface area (Å²) in [6, 6.07) is 13.5. The fraction of sp³-hybridized carbons (Fsp3) is 0.318. The van der Waals surface area contributed by atoms with Crippen LogP contribution in [0.3, 0.4) is 0 Å². The Bertz CT molecular complexity index is 1090. The fourth-order valence-corrected chi connectivity index (χ4v) is 5.86. The van der Waals surface area contributed by atoms with Crippen LogP contribution in [0.4, 0.5) is 9.52 Å². The van der Waals surface area contributed by atoms with Gasteiger partial charge in [0.2, 0.25) is 10.0 Å². The highest BCUT2D eigenvalue weighted by molar-refractivity contribution is 7.89. The molecule has 2 heterocycles. The monoisotopic (exact) mass is 445 g/mol. The molecule has 0 aliphatic carbocycles. The number of benzene rings is 2. The number of piperazine rings is 1. The highest BCUT2D eigenvalue weighted by atomic mass is 32.2. The zero-order valence-electron chi connectivity index (χ0n) is 16.8. The van der Waals surface area contributed by atoms with E-state index in [9.17, 15) is 12.8 Å². The smallest absolute Gasteiger partial charge is 0.243 e. The zero-order valence-corrected chi connectivity index (χ0v) is 18.4. The number of aryl methyl sites for hydroxylation is 1. The molecule has 1 aliphatic rings. The number of thiazole rings is 1. The SMILES string of the molecule is CCCc1ccc(-c2csc(N3CCN(S(=O)(=O)c4ccc(F)cc4)CC3)n2)cc1. The van der Waals surface area contributed by atoms with Gasteiger partial charge in [0.05, 0.1) is 10.6 Å². The second-order valence-corrected chi connectivity index (χ2v) is 10.1. The lowest BCUT2D eigenvalue weighted by atomic mass is 10.1. The fourth-order valence-electron chi connectivity index (χ4n) is 3.55. The lowest BCUT2D eigenvalue weighted by molar-refractivity contribution is 0.384. The summed E-state index contributed by atoms with van der Waals surface area (Å²) in [6.07, 6.45) is 2.21. The van der Waals surface area contributed by atoms with E-state index in [1.54, 1.807) is 11.3 Å². The molecule has 3 aromatic rings. The van der Waals surface area contributed by atoms with E-state index in [1.165, 1.54) is 34.1 Å². The van der Waals surface area contributed by atoms with E-state index in [-0.39, 0.29) is 4.90 Å². The van der Waals surface area contributed by atoms with Gasteiger partial charge in [-0.3, -0.25) is 0 Å². The molecule has 0 bridgehead atoms. The molecule has 1 aromatic heterocycles. The molecule has 0 spiro atoms. The normalized spacial score (nSPS) is 15.5. The molecule has 0 N–H and O–H groups in total. The lowest BCUT2D eigenvalue weighted by Crippen LogP contribution is -2.48. The summed E-state index contributed by atoms with van der Waals surface area (Å²) in [5.74, 6) is -0.446. The van der Waals surface area contributed by atoms with Gasteiger partial charge in [-0.1, -0.05) is 37.6 Å². The third-order valence-corrected chi connectivity index (χ3v) is 8.06. The van der Waals surface area contributed by atoms with Crippen molar-refractivity contribution in [3.63, 3.8) is 0 Å². The summed E-state index contributed by atoms with van der Waals surface area (Å²) in [7, 11) is -3.61. The third kappa shape index (κ3) is 4.40. The first-order chi connectivity index (χ1) is 14.5. The molecule has 0 radical (unpaired) electrons. The van der Waals surface area contributed by atoms with Gasteiger partial charge in [-0.25, -0.2) is 17.8 Å². The van der Waals surface area contributed by atoms with Gasteiger partial charge in [0.25, 0.3) is 0 Å². The minimum atomic E-state index is -3.61. The molecule has 1 fully saturated rings. The first-order valence-corrected chi connectivity index (χ1v) is 12.3. The van der Waals surface area contributed by atoms with Crippen LogP contribution >= 0.6 is 11.3 Å². The molecule has 2 aromatic carbocycles. The van der Waals surface area contributed by atoms with Crippen LogP contribution < -0.4 is 4.90 Å². The van der Waals surface area contributed by atoms with Crippen LogP contribution in [0.2, 0.25) is 0 Å². The number of sulfonamides is 1. The molecule has 5 nitrogen and oxygen atoms in total. The van der Waals surface area contributed by atoms with Crippen molar-refractivity contribution in [2.75, 3.05) is 31.1 Å². The molecule has 8 heteroatoms. The van der Waals surface area contributed by atoms with Crippen LogP contribution in [-0.4, -0.2) is 43.9 Å². The molecular formula is C22H24FN3O2S2. The highest BCUT2D eigenvalue weighted by Crippen LogP contribution is 2.29. The minimum absolute atomic E-state index is 0.125. The van der Waals surface area contributed by atoms with Gasteiger partial charge in [0.1, 0.15) is 5.82 Å². The Kier molecular flexibility index (Phi) is 6.17. The molecule has 158 valence electrons. The van der Waals surface area contributed by atoms with E-state index in [1.807, 2.05) is 5.38 Å². The Balaban J connectivity index is 1.41. The molecule has 30 heavy (non-hydrogen) atoms. The van der Waals surface area contributed by atoms with Gasteiger partial charge in [-0.15, -0.1) is 11.3 Å². The summed E-state index contributed by atoms with van der Waals surface area (Å²) in [6.45, 7) is 4.07. The molecule has 1 saturated heterocycles. The van der Waals surface area contributed by atoms with E-state index in [0.29, 0.717) is 26.2 Å². The molecule has 4 rings (SSSR count). The van der Waals surface area contributed by atoms with Crippen molar-refractivity contribution in [3.05, 3.63) is 65.3 Å². The Morgan fingerprint density at radius 2 is 1.67 bits per heavy atom. The lowest BCUT2D eigenvalue weighted by Gasteiger charge is -2.33. The first-order valence-electron chi connectivity index (χ1n) is 10.0. The van der Waals surface area contributed by atoms with Crippen molar-refractivity contribution in [2.24, 2.45) is 0 Å². The van der Waals surface area contributed by atoms with Gasteiger partial charge in [0.15, 0.2) is 5.13 Å². The predicted octanol–water partition coefficient (Wildman–Crippen LogP) is 4.41. The maximum absolute atomic E-state index is 13.1. The van der Waals surface area contributed by atoms with E-state index < -0.39 is 15.8 Å². The summed E-state index contributed by atoms with van der Waals surface area (Å²) in [4.78, 5) is 7.02. The predicted molar refractivity (Wildman–Crippen MR) is 119 cm³/mol. The van der Waals surface area contributed by atoms with Crippen molar-refractivity contribution in [2.45, 2.75) is 24.7 Å². The second-order valence-electron chi connectivity index (χ2n) is 7.31. The second kappa shape index (κ2) is 8.83. The van der Waals surface area contributed by atoms with Crippen LogP contribution in [-0.2, 0) is 16.4 Å². The van der Waals surface area contributed by atoms with Crippen LogP contribution in [0.15, 0.2) is 58.8 Å². The van der Waals surface area contributed by atoms with Gasteiger partial charge in [-0.05, 0) is 36.2 Å². The minimum Gasteiger partial charge on any atom is -0.345 e. The number of halogens is 1. The van der Waals surface area contributed by atoms with Crippen molar-refractivity contribution in [1.29, 1.82) is 0 Å². The van der Waals surface area contributed by atoms with E-state index >= 15 is 0 Å². The van der Waals surface area contributed by atoms with E-state index in [0.717, 1.165) is 29.2 Å². The van der Waals surface area contributed by atoms with Crippen molar-refractivity contribution in [1.82, 2.24) is 9.29 Å². The summed E-state index contributed by atoms with van der Waals surface area (Å²) in [5, 5.41) is 2.95. The number of anilines is 1. The third-order valence-electron chi connectivity index (χ3n) is 5.24. The van der Waals surface area contributed by atoms with Gasteiger partial charge in [-0.2, -0.15) is 4.31 Å². The molecular weight excluding hydrogens is 421 g/mol. The van der Waals surface area contributed by atoms with Crippen molar-refractivity contribution in [3.8, 4) is 11.3 Å². The number of hydrogen-bond donors (Lipinski definition) is 0. The van der Waals surface area contributed by atoms with Gasteiger partial charge < -0.3 is 4.90 Å². The molecule has 0 unspecified atom stereocenters. The van der Waals surface area contributed by atoms with E-state index in [2.05, 4.69) is 36.1 Å². The standard InChI is InChI=1S/C22H24FN3O2S2/c1-2-3-17-4-6-18(7-5-17)21-16-29-22(24-21)25-12-14-26(15-13-25)30(27,28)20-10-8-19(23)9-11-20/h4-11,16H,2-3,12-15H2,1H3. The number of nitrogens with zero attached hydrogens (tertiary/aromatic N) is 3. The Labute approximate surface area is 180 Å². The van der Waals surface area contributed by atoms with Crippen molar-refractivity contribution >= 4 is 26.5 Å². The molecule has 0 atom stereocenters. The number of rotatable bonds is 6. The maximum Gasteiger partial charge on any atom is 0.243 e. The topological polar surface area (TPSA) is 53.5 Å². The summed E-state index contributed by atoms with van der Waals surface area (Å²) < 4.78 is 40.1. The van der Waals surface area contributed by atoms with E-state index in [4.69, 9.17) is 4.98 Å². The van der Waals surface area contributed by atoms with Crippen molar-refractivity contribution < 1.29 is 12.8 Å². The first kappa shape index (κ1) is 21.0. The van der Waals surface area contributed by atoms with Crippen LogP contribution in [0.1, 0.15) is 18.9 Å². The quantitative estimate of drug-likeness (QED) is 0.564. The van der Waals surface area contributed by atoms with Crippen LogP contribution in [0.25, 0.3) is 11.3 Å². The van der Waals surface area contributed by atoms with Gasteiger partial charge >= 0.3 is 0 Å². The largest absolute Gasteiger partial charge is 0.345 e. The maximum atomic E-state index is 13.1. The Morgan fingerprint density at radius 1 is 1.00 bits per heavy atom. The number of hydrogen-bond acceptors (Lipinski definition) is 5. The molecule has 0 saturated carbocycles. The zero-order chi connectivity index (χ0) is 21.1. The summed E-state index contributed by atoms with van der Waals surface area (Å²) >= 11 is 1.58. The number of aromatic nitrogens is 1. The van der Waals surface area contributed by atoms with Crippen LogP contribution in [0, 0.1) is 5.82 Å². The van der Waals surface area contributed by atoms with Gasteiger partial charge in [0, 0.05) is 37.1 Å².